The van der Waals surface area contributed by atoms with Crippen LogP contribution in [-0.2, 0) is 4.79 Å². The van der Waals surface area contributed by atoms with Crippen LogP contribution >= 0.6 is 15.9 Å². The van der Waals surface area contributed by atoms with E-state index in [1.54, 1.807) is 0 Å². The summed E-state index contributed by atoms with van der Waals surface area (Å²) < 4.78 is 0. The van der Waals surface area contributed by atoms with E-state index in [0.717, 1.165) is 24.6 Å². The Morgan fingerprint density at radius 3 is 2.33 bits per heavy atom. The Kier molecular flexibility index (Phi) is 4.21. The van der Waals surface area contributed by atoms with Gasteiger partial charge in [-0.3, -0.25) is 4.79 Å². The number of halogens is 1. The third-order valence-electron chi connectivity index (χ3n) is 3.69. The van der Waals surface area contributed by atoms with Gasteiger partial charge in [-0.2, -0.15) is 0 Å². The molecular formula is C12H22BrNO. The fourth-order valence-electron chi connectivity index (χ4n) is 1.91. The van der Waals surface area contributed by atoms with Crippen LogP contribution < -0.4 is 5.32 Å². The van der Waals surface area contributed by atoms with Crippen molar-refractivity contribution >= 4 is 21.8 Å². The minimum atomic E-state index is -0.238. The maximum atomic E-state index is 12.1. The lowest BCUT2D eigenvalue weighted by atomic mass is 9.87. The number of carbonyl (C=O) groups is 1. The van der Waals surface area contributed by atoms with Crippen LogP contribution in [0.4, 0.5) is 0 Å². The zero-order valence-corrected chi connectivity index (χ0v) is 11.6. The average Bonchev–Trinajstić information content (AvgIpc) is 2.67. The Labute approximate surface area is 101 Å². The van der Waals surface area contributed by atoms with E-state index >= 15 is 0 Å². The van der Waals surface area contributed by atoms with Gasteiger partial charge in [-0.1, -0.05) is 49.5 Å². The molecule has 1 fully saturated rings. The van der Waals surface area contributed by atoms with E-state index in [1.165, 1.54) is 12.8 Å². The average molecular weight is 276 g/mol. The Bertz CT molecular complexity index is 232. The largest absolute Gasteiger partial charge is 0.349 e. The van der Waals surface area contributed by atoms with Gasteiger partial charge in [0.05, 0.1) is 0 Å². The van der Waals surface area contributed by atoms with Crippen molar-refractivity contribution in [3.63, 3.8) is 0 Å². The van der Waals surface area contributed by atoms with E-state index in [2.05, 4.69) is 28.2 Å². The van der Waals surface area contributed by atoms with Crippen LogP contribution in [0.1, 0.15) is 52.9 Å². The maximum absolute atomic E-state index is 12.1. The van der Waals surface area contributed by atoms with Crippen LogP contribution in [0.15, 0.2) is 0 Å². The van der Waals surface area contributed by atoms with Crippen molar-refractivity contribution in [3.05, 3.63) is 0 Å². The molecule has 1 aliphatic rings. The van der Waals surface area contributed by atoms with Gasteiger partial charge in [0.2, 0.25) is 5.91 Å². The first-order valence-electron chi connectivity index (χ1n) is 5.84. The molecule has 1 amide bonds. The fraction of sp³-hybridized carbons (Fsp3) is 0.917. The van der Waals surface area contributed by atoms with Crippen LogP contribution in [0.2, 0.25) is 0 Å². The number of hydrogen-bond acceptors (Lipinski definition) is 1. The Morgan fingerprint density at radius 1 is 1.40 bits per heavy atom. The Morgan fingerprint density at radius 2 is 1.93 bits per heavy atom. The van der Waals surface area contributed by atoms with Crippen LogP contribution in [0.3, 0.4) is 0 Å². The summed E-state index contributed by atoms with van der Waals surface area (Å²) in [5.74, 6) is 0.200. The molecule has 0 aromatic rings. The molecule has 0 unspecified atom stereocenters. The van der Waals surface area contributed by atoms with Gasteiger partial charge >= 0.3 is 0 Å². The Hall–Kier alpha value is -0.0500. The molecule has 0 bridgehead atoms. The smallest absolute Gasteiger partial charge is 0.226 e. The number of hydrogen-bond donors (Lipinski definition) is 1. The first-order chi connectivity index (χ1) is 6.96. The summed E-state index contributed by atoms with van der Waals surface area (Å²) in [6, 6.07) is 0. The predicted molar refractivity (Wildman–Crippen MR) is 67.2 cm³/mol. The number of alkyl halides is 1. The summed E-state index contributed by atoms with van der Waals surface area (Å²) in [5.41, 5.74) is -0.207. The van der Waals surface area contributed by atoms with Crippen LogP contribution in [-0.4, -0.2) is 16.8 Å². The lowest BCUT2D eigenvalue weighted by Gasteiger charge is -2.33. The van der Waals surface area contributed by atoms with Crippen molar-refractivity contribution in [1.29, 1.82) is 0 Å². The first-order valence-corrected chi connectivity index (χ1v) is 6.96. The minimum absolute atomic E-state index is 0.0313. The highest BCUT2D eigenvalue weighted by Crippen LogP contribution is 2.32. The summed E-state index contributed by atoms with van der Waals surface area (Å²) in [7, 11) is 0. The second kappa shape index (κ2) is 4.86. The third-order valence-corrected chi connectivity index (χ3v) is 4.77. The number of amides is 1. The number of carbonyl (C=O) groups excluding carboxylic acids is 1. The van der Waals surface area contributed by atoms with Crippen LogP contribution in [0, 0.1) is 5.41 Å². The molecule has 1 rings (SSSR count). The SMILES string of the molecule is CCC(C)(C)C(=O)NC1(CBr)CCCC1. The summed E-state index contributed by atoms with van der Waals surface area (Å²) in [6.07, 6.45) is 5.58. The normalized spacial score (nSPS) is 20.3. The lowest BCUT2D eigenvalue weighted by molar-refractivity contribution is -0.131. The molecule has 1 aliphatic carbocycles. The lowest BCUT2D eigenvalue weighted by Crippen LogP contribution is -2.52. The van der Waals surface area contributed by atoms with Crippen molar-refractivity contribution in [1.82, 2.24) is 5.32 Å². The second-order valence-electron chi connectivity index (χ2n) is 5.31. The van der Waals surface area contributed by atoms with Gasteiger partial charge in [-0.05, 0) is 19.3 Å². The van der Waals surface area contributed by atoms with Crippen molar-refractivity contribution in [2.24, 2.45) is 5.41 Å². The molecule has 0 atom stereocenters. The topological polar surface area (TPSA) is 29.1 Å². The molecule has 0 saturated heterocycles. The Balaban J connectivity index is 2.63. The highest BCUT2D eigenvalue weighted by molar-refractivity contribution is 9.09. The van der Waals surface area contributed by atoms with Gasteiger partial charge < -0.3 is 5.32 Å². The van der Waals surface area contributed by atoms with E-state index < -0.39 is 0 Å². The predicted octanol–water partition coefficient (Wildman–Crippen LogP) is 3.25. The van der Waals surface area contributed by atoms with E-state index in [1.807, 2.05) is 13.8 Å². The third kappa shape index (κ3) is 2.96. The minimum Gasteiger partial charge on any atom is -0.349 e. The van der Waals surface area contributed by atoms with E-state index in [9.17, 15) is 4.79 Å². The van der Waals surface area contributed by atoms with Gasteiger partial charge in [-0.25, -0.2) is 0 Å². The van der Waals surface area contributed by atoms with Crippen LogP contribution in [0.25, 0.3) is 0 Å². The van der Waals surface area contributed by atoms with Gasteiger partial charge in [0.1, 0.15) is 0 Å². The summed E-state index contributed by atoms with van der Waals surface area (Å²) in [6.45, 7) is 6.09. The number of rotatable bonds is 4. The maximum Gasteiger partial charge on any atom is 0.226 e. The molecule has 0 radical (unpaired) electrons. The van der Waals surface area contributed by atoms with Crippen molar-refractivity contribution in [2.45, 2.75) is 58.4 Å². The number of nitrogens with one attached hydrogen (secondary N) is 1. The standard InChI is InChI=1S/C12H22BrNO/c1-4-11(2,3)10(15)14-12(9-13)7-5-6-8-12/h4-9H2,1-3H3,(H,14,15). The van der Waals surface area contributed by atoms with Gasteiger partial charge in [0.15, 0.2) is 0 Å². The van der Waals surface area contributed by atoms with Crippen molar-refractivity contribution in [2.75, 3.05) is 5.33 Å². The molecule has 88 valence electrons. The molecule has 3 heteroatoms. The zero-order valence-electron chi connectivity index (χ0n) is 10.0. The first kappa shape index (κ1) is 13.0. The molecule has 15 heavy (non-hydrogen) atoms. The molecular weight excluding hydrogens is 254 g/mol. The fourth-order valence-corrected chi connectivity index (χ4v) is 2.62. The molecule has 1 saturated carbocycles. The van der Waals surface area contributed by atoms with E-state index in [4.69, 9.17) is 0 Å². The monoisotopic (exact) mass is 275 g/mol. The second-order valence-corrected chi connectivity index (χ2v) is 5.87. The highest BCUT2D eigenvalue weighted by Gasteiger charge is 2.37. The highest BCUT2D eigenvalue weighted by atomic mass is 79.9. The van der Waals surface area contributed by atoms with Crippen LogP contribution in [0.5, 0.6) is 0 Å². The summed E-state index contributed by atoms with van der Waals surface area (Å²) in [4.78, 5) is 12.1. The molecule has 0 aliphatic heterocycles. The zero-order chi connectivity index (χ0) is 11.5. The van der Waals surface area contributed by atoms with E-state index in [0.29, 0.717) is 0 Å². The molecule has 2 nitrogen and oxygen atoms in total. The van der Waals surface area contributed by atoms with Gasteiger partial charge in [-0.15, -0.1) is 0 Å². The molecule has 1 N–H and O–H groups in total. The van der Waals surface area contributed by atoms with E-state index in [-0.39, 0.29) is 16.9 Å². The molecule has 0 heterocycles. The quantitative estimate of drug-likeness (QED) is 0.785. The van der Waals surface area contributed by atoms with Gasteiger partial charge in [0.25, 0.3) is 0 Å². The van der Waals surface area contributed by atoms with Gasteiger partial charge in [0, 0.05) is 16.3 Å². The summed E-state index contributed by atoms with van der Waals surface area (Å²) in [5, 5.41) is 4.13. The summed E-state index contributed by atoms with van der Waals surface area (Å²) >= 11 is 3.54. The molecule has 0 spiro atoms. The molecule has 0 aromatic heterocycles. The van der Waals surface area contributed by atoms with Crippen molar-refractivity contribution < 1.29 is 4.79 Å². The van der Waals surface area contributed by atoms with Crippen molar-refractivity contribution in [3.8, 4) is 0 Å². The molecule has 0 aromatic carbocycles.